The van der Waals surface area contributed by atoms with Crippen molar-refractivity contribution in [2.45, 2.75) is 13.3 Å². The van der Waals surface area contributed by atoms with Crippen molar-refractivity contribution in [1.29, 1.82) is 0 Å². The first-order valence-electron chi connectivity index (χ1n) is 6.02. The van der Waals surface area contributed by atoms with Crippen LogP contribution >= 0.6 is 11.3 Å². The summed E-state index contributed by atoms with van der Waals surface area (Å²) in [6.45, 7) is 2.01. The molecule has 1 heterocycles. The van der Waals surface area contributed by atoms with Crippen molar-refractivity contribution < 1.29 is 14.3 Å². The van der Waals surface area contributed by atoms with Crippen molar-refractivity contribution in [3.63, 3.8) is 0 Å². The molecule has 0 N–H and O–H groups in total. The van der Waals surface area contributed by atoms with E-state index in [9.17, 15) is 9.59 Å². The highest BCUT2D eigenvalue weighted by molar-refractivity contribution is 7.08. The van der Waals surface area contributed by atoms with Crippen LogP contribution in [0.2, 0.25) is 0 Å². The Labute approximate surface area is 115 Å². The van der Waals surface area contributed by atoms with Crippen LogP contribution in [0.5, 0.6) is 0 Å². The van der Waals surface area contributed by atoms with Gasteiger partial charge in [0.25, 0.3) is 0 Å². The molecule has 19 heavy (non-hydrogen) atoms. The maximum Gasteiger partial charge on any atom is 0.313 e. The van der Waals surface area contributed by atoms with E-state index in [0.29, 0.717) is 12.2 Å². The minimum atomic E-state index is -0.478. The molecule has 2 rings (SSSR count). The van der Waals surface area contributed by atoms with Crippen molar-refractivity contribution in [2.24, 2.45) is 0 Å². The molecule has 0 spiro atoms. The van der Waals surface area contributed by atoms with Gasteiger partial charge < -0.3 is 4.74 Å². The minimum Gasteiger partial charge on any atom is -0.466 e. The van der Waals surface area contributed by atoms with E-state index in [4.69, 9.17) is 4.74 Å². The van der Waals surface area contributed by atoms with Crippen molar-refractivity contribution >= 4 is 23.1 Å². The highest BCUT2D eigenvalue weighted by Crippen LogP contribution is 2.23. The lowest BCUT2D eigenvalue weighted by Gasteiger charge is -2.04. The fraction of sp³-hybridized carbons (Fsp3) is 0.200. The molecule has 0 aliphatic carbocycles. The minimum absolute atomic E-state index is 0.207. The third kappa shape index (κ3) is 3.51. The summed E-state index contributed by atoms with van der Waals surface area (Å²) in [5.74, 6) is -0.691. The molecule has 0 fully saturated rings. The van der Waals surface area contributed by atoms with Gasteiger partial charge in [0.1, 0.15) is 6.42 Å². The molecule has 0 amide bonds. The first-order valence-corrected chi connectivity index (χ1v) is 6.96. The molecular formula is C15H14O3S. The molecule has 4 heteroatoms. The quantitative estimate of drug-likeness (QED) is 0.476. The van der Waals surface area contributed by atoms with Gasteiger partial charge in [-0.1, -0.05) is 18.2 Å². The highest BCUT2D eigenvalue weighted by Gasteiger charge is 2.13. The van der Waals surface area contributed by atoms with E-state index >= 15 is 0 Å². The maximum absolute atomic E-state index is 12.0. The first-order chi connectivity index (χ1) is 9.20. The van der Waals surface area contributed by atoms with Gasteiger partial charge >= 0.3 is 5.97 Å². The second-order valence-electron chi connectivity index (χ2n) is 4.00. The Bertz CT molecular complexity index is 573. The number of benzene rings is 1. The Kier molecular flexibility index (Phi) is 4.47. The zero-order valence-corrected chi connectivity index (χ0v) is 11.4. The molecule has 98 valence electrons. The molecule has 3 nitrogen and oxygen atoms in total. The molecule has 2 aromatic rings. The van der Waals surface area contributed by atoms with E-state index in [2.05, 4.69) is 0 Å². The van der Waals surface area contributed by atoms with E-state index in [1.807, 2.05) is 35.0 Å². The number of carbonyl (C=O) groups is 2. The topological polar surface area (TPSA) is 43.4 Å². The standard InChI is InChI=1S/C15H14O3S/c1-2-18-15(17)9-14(16)12-5-3-4-11(8-12)13-6-7-19-10-13/h3-8,10H,2,9H2,1H3. The van der Waals surface area contributed by atoms with Crippen molar-refractivity contribution in [3.8, 4) is 11.1 Å². The molecule has 0 aliphatic heterocycles. The molecule has 1 aromatic heterocycles. The van der Waals surface area contributed by atoms with Crippen LogP contribution in [0.4, 0.5) is 0 Å². The van der Waals surface area contributed by atoms with Gasteiger partial charge in [0.15, 0.2) is 5.78 Å². The fourth-order valence-electron chi connectivity index (χ4n) is 1.75. The summed E-state index contributed by atoms with van der Waals surface area (Å²) in [4.78, 5) is 23.3. The van der Waals surface area contributed by atoms with E-state index in [-0.39, 0.29) is 12.2 Å². The van der Waals surface area contributed by atoms with Gasteiger partial charge in [0.05, 0.1) is 6.61 Å². The second-order valence-corrected chi connectivity index (χ2v) is 4.78. The number of hydrogen-bond acceptors (Lipinski definition) is 4. The predicted molar refractivity (Wildman–Crippen MR) is 75.3 cm³/mol. The van der Waals surface area contributed by atoms with Crippen LogP contribution in [0, 0.1) is 0 Å². The van der Waals surface area contributed by atoms with Gasteiger partial charge in [-0.3, -0.25) is 9.59 Å². The van der Waals surface area contributed by atoms with Crippen molar-refractivity contribution in [3.05, 3.63) is 46.7 Å². The van der Waals surface area contributed by atoms with Gasteiger partial charge in [-0.25, -0.2) is 0 Å². The predicted octanol–water partition coefficient (Wildman–Crippen LogP) is 3.55. The van der Waals surface area contributed by atoms with Gasteiger partial charge in [-0.15, -0.1) is 0 Å². The number of ether oxygens (including phenoxy) is 1. The lowest BCUT2D eigenvalue weighted by molar-refractivity contribution is -0.141. The smallest absolute Gasteiger partial charge is 0.313 e. The average Bonchev–Trinajstić information content (AvgIpc) is 2.93. The third-order valence-corrected chi connectivity index (χ3v) is 3.33. The lowest BCUT2D eigenvalue weighted by Crippen LogP contribution is -2.11. The molecule has 0 radical (unpaired) electrons. The summed E-state index contributed by atoms with van der Waals surface area (Å²) in [5.41, 5.74) is 2.60. The monoisotopic (exact) mass is 274 g/mol. The summed E-state index contributed by atoms with van der Waals surface area (Å²) in [5, 5.41) is 4.01. The van der Waals surface area contributed by atoms with Crippen LogP contribution in [-0.2, 0) is 9.53 Å². The van der Waals surface area contributed by atoms with Crippen molar-refractivity contribution in [2.75, 3.05) is 6.61 Å². The first kappa shape index (κ1) is 13.5. The van der Waals surface area contributed by atoms with Crippen LogP contribution in [0.1, 0.15) is 23.7 Å². The molecular weight excluding hydrogens is 260 g/mol. The van der Waals surface area contributed by atoms with E-state index in [0.717, 1.165) is 11.1 Å². The number of ketones is 1. The van der Waals surface area contributed by atoms with Gasteiger partial charge in [0.2, 0.25) is 0 Å². The fourth-order valence-corrected chi connectivity index (χ4v) is 2.41. The number of carbonyl (C=O) groups excluding carboxylic acids is 2. The largest absolute Gasteiger partial charge is 0.466 e. The van der Waals surface area contributed by atoms with E-state index in [1.54, 1.807) is 24.3 Å². The second kappa shape index (κ2) is 6.29. The number of Topliss-reactive ketones (excluding diaryl/α,β-unsaturated/α-hetero) is 1. The number of esters is 1. The average molecular weight is 274 g/mol. The van der Waals surface area contributed by atoms with Crippen LogP contribution in [0.15, 0.2) is 41.1 Å². The van der Waals surface area contributed by atoms with Crippen LogP contribution in [0.25, 0.3) is 11.1 Å². The summed E-state index contributed by atoms with van der Waals surface area (Å²) in [6.07, 6.45) is -0.207. The normalized spacial score (nSPS) is 10.2. The van der Waals surface area contributed by atoms with Crippen LogP contribution < -0.4 is 0 Å². The third-order valence-electron chi connectivity index (χ3n) is 2.65. The van der Waals surface area contributed by atoms with Crippen molar-refractivity contribution in [1.82, 2.24) is 0 Å². The molecule has 0 unspecified atom stereocenters. The van der Waals surface area contributed by atoms with Crippen LogP contribution in [0.3, 0.4) is 0 Å². The summed E-state index contributed by atoms with van der Waals surface area (Å²) in [6, 6.07) is 9.30. The lowest BCUT2D eigenvalue weighted by atomic mass is 10.0. The Morgan fingerprint density at radius 3 is 2.74 bits per heavy atom. The van der Waals surface area contributed by atoms with Gasteiger partial charge in [0, 0.05) is 5.56 Å². The van der Waals surface area contributed by atoms with E-state index < -0.39 is 5.97 Å². The summed E-state index contributed by atoms with van der Waals surface area (Å²) >= 11 is 1.61. The molecule has 0 saturated carbocycles. The molecule has 0 atom stereocenters. The molecule has 1 aromatic carbocycles. The molecule has 0 bridgehead atoms. The Morgan fingerprint density at radius 1 is 1.21 bits per heavy atom. The Balaban J connectivity index is 2.15. The number of rotatable bonds is 5. The van der Waals surface area contributed by atoms with Gasteiger partial charge in [-0.2, -0.15) is 11.3 Å². The molecule has 0 aliphatic rings. The SMILES string of the molecule is CCOC(=O)CC(=O)c1cccc(-c2ccsc2)c1. The Hall–Kier alpha value is -1.94. The number of thiophene rings is 1. The van der Waals surface area contributed by atoms with E-state index in [1.165, 1.54) is 0 Å². The maximum atomic E-state index is 12.0. The van der Waals surface area contributed by atoms with Crippen LogP contribution in [-0.4, -0.2) is 18.4 Å². The zero-order chi connectivity index (χ0) is 13.7. The highest BCUT2D eigenvalue weighted by atomic mass is 32.1. The zero-order valence-electron chi connectivity index (χ0n) is 10.6. The molecule has 0 saturated heterocycles. The summed E-state index contributed by atoms with van der Waals surface area (Å²) in [7, 11) is 0. The van der Waals surface area contributed by atoms with Gasteiger partial charge in [-0.05, 0) is 40.9 Å². The number of hydrogen-bond donors (Lipinski definition) is 0. The summed E-state index contributed by atoms with van der Waals surface area (Å²) < 4.78 is 4.78. The Morgan fingerprint density at radius 2 is 2.05 bits per heavy atom.